The number of hydrogen-bond acceptors (Lipinski definition) is 6. The van der Waals surface area contributed by atoms with Crippen LogP contribution in [0.15, 0.2) is 29.1 Å². The number of nitrogens with one attached hydrogen (secondary N) is 2. The average molecular weight is 402 g/mol. The number of benzene rings is 1. The number of thiophene rings is 1. The highest BCUT2D eigenvalue weighted by atomic mass is 32.2. The van der Waals surface area contributed by atoms with Crippen LogP contribution < -0.4 is 10.9 Å². The number of fused-ring (bicyclic) bond motifs is 3. The largest absolute Gasteiger partial charge is 0.508 e. The first-order chi connectivity index (χ1) is 13.1. The monoisotopic (exact) mass is 401 g/mol. The van der Waals surface area contributed by atoms with E-state index in [0.717, 1.165) is 29.5 Å². The highest BCUT2D eigenvalue weighted by Gasteiger charge is 2.19. The maximum absolute atomic E-state index is 12.5. The third kappa shape index (κ3) is 4.01. The van der Waals surface area contributed by atoms with Crippen molar-refractivity contribution in [2.24, 2.45) is 0 Å². The molecule has 0 bridgehead atoms. The lowest BCUT2D eigenvalue weighted by atomic mass is 9.97. The van der Waals surface area contributed by atoms with Gasteiger partial charge < -0.3 is 15.4 Å². The zero-order valence-corrected chi connectivity index (χ0v) is 16.2. The van der Waals surface area contributed by atoms with Crippen molar-refractivity contribution >= 4 is 44.9 Å². The number of phenols is 1. The first-order valence-corrected chi connectivity index (χ1v) is 10.8. The smallest absolute Gasteiger partial charge is 0.259 e. The van der Waals surface area contributed by atoms with Gasteiger partial charge in [0.05, 0.1) is 16.9 Å². The van der Waals surface area contributed by atoms with Crippen molar-refractivity contribution in [2.45, 2.75) is 31.4 Å². The summed E-state index contributed by atoms with van der Waals surface area (Å²) in [6.07, 6.45) is 4.30. The molecule has 6 nitrogen and oxygen atoms in total. The van der Waals surface area contributed by atoms with Crippen LogP contribution in [0.3, 0.4) is 0 Å². The van der Waals surface area contributed by atoms with Crippen molar-refractivity contribution in [1.29, 1.82) is 0 Å². The molecular formula is C19H19N3O3S2. The summed E-state index contributed by atoms with van der Waals surface area (Å²) >= 11 is 3.02. The number of H-pyrrole nitrogens is 1. The van der Waals surface area contributed by atoms with Gasteiger partial charge in [-0.1, -0.05) is 6.07 Å². The lowest BCUT2D eigenvalue weighted by molar-refractivity contribution is -0.113. The van der Waals surface area contributed by atoms with Crippen LogP contribution in [0.2, 0.25) is 0 Å². The van der Waals surface area contributed by atoms with Gasteiger partial charge in [0.25, 0.3) is 5.56 Å². The molecule has 0 spiro atoms. The summed E-state index contributed by atoms with van der Waals surface area (Å²) in [7, 11) is 0. The fourth-order valence-corrected chi connectivity index (χ4v) is 5.27. The third-order valence-electron chi connectivity index (χ3n) is 4.48. The van der Waals surface area contributed by atoms with E-state index in [4.69, 9.17) is 0 Å². The number of aromatic hydroxyl groups is 1. The highest BCUT2D eigenvalue weighted by Crippen LogP contribution is 2.33. The van der Waals surface area contributed by atoms with Crippen LogP contribution in [0.4, 0.5) is 5.69 Å². The highest BCUT2D eigenvalue weighted by molar-refractivity contribution is 7.99. The Hall–Kier alpha value is -2.32. The normalized spacial score (nSPS) is 13.5. The van der Waals surface area contributed by atoms with Gasteiger partial charge in [-0.15, -0.1) is 23.1 Å². The minimum atomic E-state index is -0.166. The summed E-state index contributed by atoms with van der Waals surface area (Å²) in [6, 6.07) is 6.43. The van der Waals surface area contributed by atoms with E-state index < -0.39 is 0 Å². The number of nitrogens with zero attached hydrogens (tertiary/aromatic N) is 1. The van der Waals surface area contributed by atoms with Gasteiger partial charge in [-0.25, -0.2) is 4.98 Å². The van der Waals surface area contributed by atoms with Crippen LogP contribution in [-0.4, -0.2) is 26.7 Å². The van der Waals surface area contributed by atoms with E-state index in [0.29, 0.717) is 17.3 Å². The number of hydrogen-bond donors (Lipinski definition) is 3. The quantitative estimate of drug-likeness (QED) is 0.609. The standard InChI is InChI=1S/C19H19N3O3S2/c23-12-5-3-4-11(8-12)20-16(24)10-26-9-15-21-18(25)17-13-6-1-2-7-14(13)27-19(17)22-15/h3-5,8,23H,1-2,6-7,9-10H2,(H,20,24)(H,21,22,25). The van der Waals surface area contributed by atoms with Gasteiger partial charge in [0.15, 0.2) is 0 Å². The fourth-order valence-electron chi connectivity index (χ4n) is 3.30. The van der Waals surface area contributed by atoms with Gasteiger partial charge in [-0.2, -0.15) is 0 Å². The molecule has 140 valence electrons. The first kappa shape index (κ1) is 18.1. The van der Waals surface area contributed by atoms with Crippen molar-refractivity contribution in [3.05, 3.63) is 50.9 Å². The zero-order chi connectivity index (χ0) is 18.8. The minimum Gasteiger partial charge on any atom is -0.508 e. The van der Waals surface area contributed by atoms with E-state index in [1.54, 1.807) is 29.5 Å². The van der Waals surface area contributed by atoms with Crippen molar-refractivity contribution in [2.75, 3.05) is 11.1 Å². The van der Waals surface area contributed by atoms with E-state index >= 15 is 0 Å². The SMILES string of the molecule is O=C(CSCc1nc2sc3c(c2c(=O)[nH]1)CCCC3)Nc1cccc(O)c1. The summed E-state index contributed by atoms with van der Waals surface area (Å²) in [5.41, 5.74) is 1.66. The Morgan fingerprint density at radius 2 is 2.19 bits per heavy atom. The van der Waals surface area contributed by atoms with Crippen LogP contribution in [0.5, 0.6) is 5.75 Å². The molecular weight excluding hydrogens is 382 g/mol. The number of aromatic amines is 1. The second-order valence-corrected chi connectivity index (χ2v) is 8.56. The van der Waals surface area contributed by atoms with E-state index in [-0.39, 0.29) is 23.0 Å². The van der Waals surface area contributed by atoms with Gasteiger partial charge >= 0.3 is 0 Å². The van der Waals surface area contributed by atoms with Crippen molar-refractivity contribution < 1.29 is 9.90 Å². The summed E-state index contributed by atoms with van der Waals surface area (Å²) < 4.78 is 0. The number of aryl methyl sites for hydroxylation is 2. The number of anilines is 1. The predicted octanol–water partition coefficient (Wildman–Crippen LogP) is 3.44. The molecule has 0 fully saturated rings. The van der Waals surface area contributed by atoms with Crippen molar-refractivity contribution in [3.63, 3.8) is 0 Å². The van der Waals surface area contributed by atoms with Crippen LogP contribution in [-0.2, 0) is 23.4 Å². The Labute approximate surface area is 164 Å². The maximum atomic E-state index is 12.5. The van der Waals surface area contributed by atoms with Crippen molar-refractivity contribution in [1.82, 2.24) is 9.97 Å². The predicted molar refractivity (Wildman–Crippen MR) is 110 cm³/mol. The van der Waals surface area contributed by atoms with Gasteiger partial charge in [0.2, 0.25) is 5.91 Å². The van der Waals surface area contributed by atoms with Gasteiger partial charge in [-0.05, 0) is 43.4 Å². The molecule has 1 aliphatic rings. The fraction of sp³-hybridized carbons (Fsp3) is 0.316. The van der Waals surface area contributed by atoms with Crippen LogP contribution >= 0.6 is 23.1 Å². The van der Waals surface area contributed by atoms with Gasteiger partial charge in [0.1, 0.15) is 16.4 Å². The molecule has 0 saturated carbocycles. The molecule has 0 atom stereocenters. The molecule has 3 N–H and O–H groups in total. The number of thioether (sulfide) groups is 1. The molecule has 0 radical (unpaired) electrons. The number of carbonyl (C=O) groups is 1. The number of phenolic OH excluding ortho intramolecular Hbond substituents is 1. The summed E-state index contributed by atoms with van der Waals surface area (Å²) in [6.45, 7) is 0. The van der Waals surface area contributed by atoms with Crippen molar-refractivity contribution in [3.8, 4) is 5.75 Å². The Bertz CT molecular complexity index is 1060. The van der Waals surface area contributed by atoms with Crippen LogP contribution in [0.1, 0.15) is 29.1 Å². The Kier molecular flexibility index (Phi) is 5.18. The van der Waals surface area contributed by atoms with E-state index in [9.17, 15) is 14.7 Å². The number of amides is 1. The second-order valence-electron chi connectivity index (χ2n) is 6.49. The lowest BCUT2D eigenvalue weighted by Gasteiger charge is -2.09. The summed E-state index contributed by atoms with van der Waals surface area (Å²) in [5.74, 6) is 1.23. The molecule has 1 aliphatic carbocycles. The topological polar surface area (TPSA) is 95.1 Å². The second kappa shape index (κ2) is 7.74. The van der Waals surface area contributed by atoms with Gasteiger partial charge in [0, 0.05) is 16.6 Å². The molecule has 0 saturated heterocycles. The summed E-state index contributed by atoms with van der Waals surface area (Å²) in [5, 5.41) is 12.9. The van der Waals surface area contributed by atoms with E-state index in [1.807, 2.05) is 0 Å². The summed E-state index contributed by atoms with van der Waals surface area (Å²) in [4.78, 5) is 34.1. The zero-order valence-electron chi connectivity index (χ0n) is 14.6. The molecule has 3 aromatic rings. The minimum absolute atomic E-state index is 0.0702. The molecule has 8 heteroatoms. The number of rotatable bonds is 5. The van der Waals surface area contributed by atoms with Gasteiger partial charge in [-0.3, -0.25) is 9.59 Å². The molecule has 0 aliphatic heterocycles. The molecule has 27 heavy (non-hydrogen) atoms. The molecule has 1 amide bonds. The van der Waals surface area contributed by atoms with E-state index in [1.165, 1.54) is 34.7 Å². The van der Waals surface area contributed by atoms with E-state index in [2.05, 4.69) is 15.3 Å². The maximum Gasteiger partial charge on any atom is 0.259 e. The number of aromatic nitrogens is 2. The molecule has 0 unspecified atom stereocenters. The lowest BCUT2D eigenvalue weighted by Crippen LogP contribution is -2.15. The molecule has 1 aromatic carbocycles. The average Bonchev–Trinajstić information content (AvgIpc) is 3.00. The molecule has 2 aromatic heterocycles. The van der Waals surface area contributed by atoms with Crippen LogP contribution in [0, 0.1) is 0 Å². The third-order valence-corrected chi connectivity index (χ3v) is 6.61. The Morgan fingerprint density at radius 1 is 1.33 bits per heavy atom. The molecule has 4 rings (SSSR count). The van der Waals surface area contributed by atoms with Crippen LogP contribution in [0.25, 0.3) is 10.2 Å². The first-order valence-electron chi connectivity index (χ1n) is 8.80. The Balaban J connectivity index is 1.40. The Morgan fingerprint density at radius 3 is 3.04 bits per heavy atom. The molecule has 2 heterocycles. The number of carbonyl (C=O) groups excluding carboxylic acids is 1.